The first kappa shape index (κ1) is 20.4. The van der Waals surface area contributed by atoms with Crippen molar-refractivity contribution in [1.82, 2.24) is 0 Å². The predicted octanol–water partition coefficient (Wildman–Crippen LogP) is 7.10. The van der Waals surface area contributed by atoms with E-state index in [1.807, 2.05) is 12.1 Å². The summed E-state index contributed by atoms with van der Waals surface area (Å²) in [6, 6.07) is 8.13. The number of esters is 1. The van der Waals surface area contributed by atoms with Gasteiger partial charge in [0.15, 0.2) is 0 Å². The highest BCUT2D eigenvalue weighted by Gasteiger charge is 2.43. The summed E-state index contributed by atoms with van der Waals surface area (Å²) < 4.78 is 5.88. The molecule has 0 radical (unpaired) electrons. The van der Waals surface area contributed by atoms with Gasteiger partial charge in [-0.1, -0.05) is 70.9 Å². The third-order valence-corrected chi connectivity index (χ3v) is 7.14. The van der Waals surface area contributed by atoms with E-state index in [-0.39, 0.29) is 11.4 Å². The van der Waals surface area contributed by atoms with E-state index in [4.69, 9.17) is 4.74 Å². The molecule has 2 saturated carbocycles. The molecule has 0 saturated heterocycles. The molecule has 2 nitrogen and oxygen atoms in total. The fourth-order valence-corrected chi connectivity index (χ4v) is 5.53. The van der Waals surface area contributed by atoms with Crippen molar-refractivity contribution >= 4 is 5.97 Å². The van der Waals surface area contributed by atoms with Crippen molar-refractivity contribution in [2.24, 2.45) is 17.3 Å². The average molecular weight is 371 g/mol. The van der Waals surface area contributed by atoms with Crippen LogP contribution in [0.5, 0.6) is 5.75 Å². The van der Waals surface area contributed by atoms with Crippen molar-refractivity contribution in [3.63, 3.8) is 0 Å². The molecule has 0 spiro atoms. The van der Waals surface area contributed by atoms with Crippen LogP contribution in [0.15, 0.2) is 24.3 Å². The molecule has 0 heterocycles. The second-order valence-electron chi connectivity index (χ2n) is 9.05. The van der Waals surface area contributed by atoms with Crippen LogP contribution in [-0.2, 0) is 11.2 Å². The Morgan fingerprint density at radius 1 is 0.926 bits per heavy atom. The van der Waals surface area contributed by atoms with Crippen LogP contribution < -0.4 is 4.74 Å². The lowest BCUT2D eigenvalue weighted by molar-refractivity contribution is -0.149. The SMILES string of the molecule is CCCc1ccc(OC(=O)[C@]2(CCC)CC[C@H](C3CCCCC3)CC2)cc1. The zero-order valence-corrected chi connectivity index (χ0v) is 17.5. The summed E-state index contributed by atoms with van der Waals surface area (Å²) in [5.41, 5.74) is 1.07. The standard InChI is InChI=1S/C25H38O2/c1-3-8-20-11-13-23(14-12-20)27-24(26)25(17-4-2)18-15-22(16-19-25)21-9-6-5-7-10-21/h11-14,21-22H,3-10,15-19H2,1-2H3/t22-,25+. The summed E-state index contributed by atoms with van der Waals surface area (Å²) in [6.45, 7) is 4.38. The van der Waals surface area contributed by atoms with E-state index in [1.165, 1.54) is 50.5 Å². The van der Waals surface area contributed by atoms with Gasteiger partial charge in [-0.25, -0.2) is 0 Å². The van der Waals surface area contributed by atoms with Gasteiger partial charge in [-0.3, -0.25) is 4.79 Å². The highest BCUT2D eigenvalue weighted by molar-refractivity contribution is 5.79. The lowest BCUT2D eigenvalue weighted by atomic mass is 9.64. The minimum atomic E-state index is -0.248. The number of carbonyl (C=O) groups is 1. The fraction of sp³-hybridized carbons (Fsp3) is 0.720. The second kappa shape index (κ2) is 9.75. The Labute approximate surface area is 166 Å². The van der Waals surface area contributed by atoms with Crippen LogP contribution in [0.1, 0.15) is 96.5 Å². The predicted molar refractivity (Wildman–Crippen MR) is 112 cm³/mol. The third kappa shape index (κ3) is 5.15. The topological polar surface area (TPSA) is 26.3 Å². The maximum atomic E-state index is 13.2. The van der Waals surface area contributed by atoms with Crippen LogP contribution >= 0.6 is 0 Å². The molecule has 2 aliphatic carbocycles. The smallest absolute Gasteiger partial charge is 0.317 e. The fourth-order valence-electron chi connectivity index (χ4n) is 5.53. The van der Waals surface area contributed by atoms with Gasteiger partial charge in [0.05, 0.1) is 5.41 Å². The van der Waals surface area contributed by atoms with E-state index in [2.05, 4.69) is 26.0 Å². The molecular weight excluding hydrogens is 332 g/mol. The van der Waals surface area contributed by atoms with E-state index in [9.17, 15) is 4.79 Å². The Morgan fingerprint density at radius 3 is 2.15 bits per heavy atom. The van der Waals surface area contributed by atoms with Crippen molar-refractivity contribution in [1.29, 1.82) is 0 Å². The summed E-state index contributed by atoms with van der Waals surface area (Å²) in [6.07, 6.45) is 15.8. The second-order valence-corrected chi connectivity index (χ2v) is 9.05. The van der Waals surface area contributed by atoms with Crippen molar-refractivity contribution in [3.8, 4) is 5.75 Å². The number of benzene rings is 1. The minimum Gasteiger partial charge on any atom is -0.426 e. The van der Waals surface area contributed by atoms with Crippen molar-refractivity contribution in [2.75, 3.05) is 0 Å². The van der Waals surface area contributed by atoms with Gasteiger partial charge < -0.3 is 4.74 Å². The van der Waals surface area contributed by atoms with Crippen LogP contribution in [0.3, 0.4) is 0 Å². The van der Waals surface area contributed by atoms with Gasteiger partial charge in [0, 0.05) is 0 Å². The molecule has 3 rings (SSSR count). The molecule has 2 fully saturated rings. The summed E-state index contributed by atoms with van der Waals surface area (Å²) >= 11 is 0. The summed E-state index contributed by atoms with van der Waals surface area (Å²) in [4.78, 5) is 13.2. The van der Waals surface area contributed by atoms with Gasteiger partial charge in [-0.15, -0.1) is 0 Å². The zero-order valence-electron chi connectivity index (χ0n) is 17.5. The van der Waals surface area contributed by atoms with E-state index in [0.717, 1.165) is 50.4 Å². The lowest BCUT2D eigenvalue weighted by Gasteiger charge is -2.41. The molecule has 27 heavy (non-hydrogen) atoms. The van der Waals surface area contributed by atoms with Crippen LogP contribution in [-0.4, -0.2) is 5.97 Å². The monoisotopic (exact) mass is 370 g/mol. The summed E-state index contributed by atoms with van der Waals surface area (Å²) in [7, 11) is 0. The van der Waals surface area contributed by atoms with Crippen LogP contribution in [0.25, 0.3) is 0 Å². The molecule has 1 aromatic carbocycles. The number of ether oxygens (including phenoxy) is 1. The van der Waals surface area contributed by atoms with E-state index >= 15 is 0 Å². The summed E-state index contributed by atoms with van der Waals surface area (Å²) in [5.74, 6) is 2.50. The van der Waals surface area contributed by atoms with Crippen molar-refractivity contribution in [2.45, 2.75) is 97.3 Å². The van der Waals surface area contributed by atoms with E-state index < -0.39 is 0 Å². The highest BCUT2D eigenvalue weighted by atomic mass is 16.5. The number of aryl methyl sites for hydroxylation is 1. The largest absolute Gasteiger partial charge is 0.426 e. The average Bonchev–Trinajstić information content (AvgIpc) is 2.71. The van der Waals surface area contributed by atoms with E-state index in [1.54, 1.807) is 0 Å². The lowest BCUT2D eigenvalue weighted by Crippen LogP contribution is -2.39. The summed E-state index contributed by atoms with van der Waals surface area (Å²) in [5, 5.41) is 0. The number of carbonyl (C=O) groups excluding carboxylic acids is 1. The van der Waals surface area contributed by atoms with Gasteiger partial charge in [-0.2, -0.15) is 0 Å². The molecule has 0 atom stereocenters. The van der Waals surface area contributed by atoms with E-state index in [0.29, 0.717) is 5.75 Å². The molecule has 0 aromatic heterocycles. The first-order valence-corrected chi connectivity index (χ1v) is 11.5. The quantitative estimate of drug-likeness (QED) is 0.378. The molecular formula is C25H38O2. The maximum Gasteiger partial charge on any atom is 0.317 e. The molecule has 2 aliphatic rings. The van der Waals surface area contributed by atoms with Gasteiger partial charge in [-0.05, 0) is 68.1 Å². The first-order chi connectivity index (χ1) is 13.2. The van der Waals surface area contributed by atoms with Crippen LogP contribution in [0.2, 0.25) is 0 Å². The molecule has 1 aromatic rings. The number of hydrogen-bond donors (Lipinski definition) is 0. The van der Waals surface area contributed by atoms with Crippen molar-refractivity contribution < 1.29 is 9.53 Å². The highest BCUT2D eigenvalue weighted by Crippen LogP contribution is 2.47. The van der Waals surface area contributed by atoms with Crippen LogP contribution in [0, 0.1) is 17.3 Å². The normalized spacial score (nSPS) is 26.7. The molecule has 0 N–H and O–H groups in total. The minimum absolute atomic E-state index is 0.0229. The Bertz CT molecular complexity index is 575. The Hall–Kier alpha value is -1.31. The first-order valence-electron chi connectivity index (χ1n) is 11.5. The Balaban J connectivity index is 1.61. The molecule has 0 bridgehead atoms. The van der Waals surface area contributed by atoms with Crippen molar-refractivity contribution in [3.05, 3.63) is 29.8 Å². The van der Waals surface area contributed by atoms with Gasteiger partial charge in [0.25, 0.3) is 0 Å². The van der Waals surface area contributed by atoms with Gasteiger partial charge >= 0.3 is 5.97 Å². The Kier molecular flexibility index (Phi) is 7.38. The number of hydrogen-bond acceptors (Lipinski definition) is 2. The number of rotatable bonds is 7. The van der Waals surface area contributed by atoms with Gasteiger partial charge in [0.1, 0.15) is 5.75 Å². The van der Waals surface area contributed by atoms with Crippen LogP contribution in [0.4, 0.5) is 0 Å². The molecule has 0 amide bonds. The third-order valence-electron chi connectivity index (χ3n) is 7.14. The Morgan fingerprint density at radius 2 is 1.56 bits per heavy atom. The zero-order chi connectivity index (χ0) is 19.1. The molecule has 2 heteroatoms. The molecule has 0 aliphatic heterocycles. The van der Waals surface area contributed by atoms with Gasteiger partial charge in [0.2, 0.25) is 0 Å². The maximum absolute atomic E-state index is 13.2. The molecule has 0 unspecified atom stereocenters. The molecule has 150 valence electrons.